The van der Waals surface area contributed by atoms with Gasteiger partial charge in [-0.15, -0.1) is 4.73 Å². The molecule has 12 nitrogen and oxygen atoms in total. The second-order valence-corrected chi connectivity index (χ2v) is 4.34. The zero-order chi connectivity index (χ0) is 17.0. The van der Waals surface area contributed by atoms with Crippen molar-refractivity contribution in [3.63, 3.8) is 0 Å². The molecule has 0 fully saturated rings. The maximum Gasteiger partial charge on any atom is 0.349 e. The van der Waals surface area contributed by atoms with E-state index in [1.807, 2.05) is 0 Å². The molecule has 12 heteroatoms. The summed E-state index contributed by atoms with van der Waals surface area (Å²) >= 11 is 0. The van der Waals surface area contributed by atoms with Crippen molar-refractivity contribution in [1.82, 2.24) is 19.7 Å². The fourth-order valence-electron chi connectivity index (χ4n) is 1.64. The third-order valence-corrected chi connectivity index (χ3v) is 2.77. The minimum absolute atomic E-state index is 0.0635. The van der Waals surface area contributed by atoms with E-state index in [0.717, 1.165) is 4.73 Å². The largest absolute Gasteiger partial charge is 0.373 e. The van der Waals surface area contributed by atoms with E-state index in [2.05, 4.69) is 25.7 Å². The van der Waals surface area contributed by atoms with Crippen LogP contribution < -0.4 is 27.8 Å². The molecule has 1 atom stereocenters. The molecule has 0 aliphatic carbocycles. The monoisotopic (exact) mass is 323 g/mol. The Hall–Kier alpha value is -3.12. The van der Waals surface area contributed by atoms with Crippen LogP contribution in [-0.4, -0.2) is 37.7 Å². The van der Waals surface area contributed by atoms with Crippen LogP contribution in [0.2, 0.25) is 0 Å². The average Bonchev–Trinajstić information content (AvgIpc) is 2.55. The Morgan fingerprint density at radius 1 is 1.30 bits per heavy atom. The number of hydrogen-bond donors (Lipinski definition) is 3. The number of fused-ring (bicyclic) bond motifs is 1. The zero-order valence-corrected chi connectivity index (χ0v) is 11.7. The van der Waals surface area contributed by atoms with Gasteiger partial charge in [-0.05, 0) is 6.42 Å². The molecule has 0 amide bonds. The van der Waals surface area contributed by atoms with Crippen molar-refractivity contribution < 1.29 is 19.3 Å². The summed E-state index contributed by atoms with van der Waals surface area (Å²) in [4.78, 5) is 54.6. The van der Waals surface area contributed by atoms with Gasteiger partial charge < -0.3 is 21.1 Å². The fourth-order valence-corrected chi connectivity index (χ4v) is 1.64. The highest BCUT2D eigenvalue weighted by Crippen LogP contribution is 2.06. The number of carbonyl (C=O) groups excluding carboxylic acids is 2. The molecule has 2 heterocycles. The molecule has 0 aliphatic heterocycles. The minimum Gasteiger partial charge on any atom is -0.373 e. The standard InChI is InChI=1S/C11H13N7O5/c12-5(1-2-6(19)22-14)10(21)23-18-8-7(15-3-4-16-8)9(20)17-11(18)13/h3-5H,1-2,12,14H2,(H2,13,17,20)/t5-/m0/s1. The second-order valence-electron chi connectivity index (χ2n) is 4.34. The molecule has 2 aromatic rings. The molecule has 0 unspecified atom stereocenters. The van der Waals surface area contributed by atoms with Gasteiger partial charge in [0.15, 0.2) is 5.52 Å². The van der Waals surface area contributed by atoms with Gasteiger partial charge in [-0.2, -0.15) is 10.9 Å². The SMILES string of the molecule is NOC(=O)CC[C@H](N)C(=O)On1c(N)nc(=O)c2nccnc21. The summed E-state index contributed by atoms with van der Waals surface area (Å²) in [5.74, 6) is 2.63. The first kappa shape index (κ1) is 16.3. The Morgan fingerprint density at radius 3 is 2.70 bits per heavy atom. The van der Waals surface area contributed by atoms with Crippen LogP contribution in [0.15, 0.2) is 17.2 Å². The van der Waals surface area contributed by atoms with Gasteiger partial charge in [-0.1, -0.05) is 0 Å². The Balaban J connectivity index is 2.23. The van der Waals surface area contributed by atoms with E-state index < -0.39 is 29.5 Å². The molecule has 0 spiro atoms. The minimum atomic E-state index is -1.15. The quantitative estimate of drug-likeness (QED) is 0.483. The zero-order valence-electron chi connectivity index (χ0n) is 11.7. The normalized spacial score (nSPS) is 11.9. The molecule has 0 aliphatic rings. The highest BCUT2D eigenvalue weighted by molar-refractivity contribution is 5.78. The van der Waals surface area contributed by atoms with Crippen molar-refractivity contribution in [3.8, 4) is 0 Å². The van der Waals surface area contributed by atoms with Gasteiger partial charge in [-0.25, -0.2) is 14.8 Å². The maximum atomic E-state index is 11.9. The molecule has 0 bridgehead atoms. The first-order valence-electron chi connectivity index (χ1n) is 6.30. The Labute approximate surface area is 128 Å². The lowest BCUT2D eigenvalue weighted by atomic mass is 10.2. The van der Waals surface area contributed by atoms with Crippen molar-refractivity contribution in [2.75, 3.05) is 5.73 Å². The number of rotatable bonds is 5. The predicted octanol–water partition coefficient (Wildman–Crippen LogP) is -2.75. The van der Waals surface area contributed by atoms with Gasteiger partial charge >= 0.3 is 17.5 Å². The van der Waals surface area contributed by atoms with Crippen LogP contribution >= 0.6 is 0 Å². The second kappa shape index (κ2) is 6.76. The van der Waals surface area contributed by atoms with Crippen molar-refractivity contribution in [2.24, 2.45) is 11.6 Å². The lowest BCUT2D eigenvalue weighted by Gasteiger charge is -2.14. The third kappa shape index (κ3) is 3.56. The first-order valence-corrected chi connectivity index (χ1v) is 6.30. The van der Waals surface area contributed by atoms with Gasteiger partial charge in [0, 0.05) is 18.8 Å². The van der Waals surface area contributed by atoms with Crippen LogP contribution in [0.1, 0.15) is 12.8 Å². The van der Waals surface area contributed by atoms with Crippen LogP contribution in [-0.2, 0) is 14.4 Å². The molecule has 2 aromatic heterocycles. The Kier molecular flexibility index (Phi) is 4.78. The highest BCUT2D eigenvalue weighted by Gasteiger charge is 2.21. The molecule has 0 saturated carbocycles. The van der Waals surface area contributed by atoms with E-state index in [1.165, 1.54) is 12.4 Å². The summed E-state index contributed by atoms with van der Waals surface area (Å²) in [5.41, 5.74) is 10.2. The fraction of sp³-hybridized carbons (Fsp3) is 0.273. The smallest absolute Gasteiger partial charge is 0.349 e. The van der Waals surface area contributed by atoms with Crippen molar-refractivity contribution >= 4 is 29.1 Å². The summed E-state index contributed by atoms with van der Waals surface area (Å²) < 4.78 is 0.743. The van der Waals surface area contributed by atoms with E-state index in [4.69, 9.17) is 16.3 Å². The van der Waals surface area contributed by atoms with Gasteiger partial charge in [0.25, 0.3) is 0 Å². The number of anilines is 1. The van der Waals surface area contributed by atoms with Crippen LogP contribution in [0.3, 0.4) is 0 Å². The summed E-state index contributed by atoms with van der Waals surface area (Å²) in [7, 11) is 0. The number of aromatic nitrogens is 4. The average molecular weight is 323 g/mol. The molecule has 6 N–H and O–H groups in total. The third-order valence-electron chi connectivity index (χ3n) is 2.77. The lowest BCUT2D eigenvalue weighted by molar-refractivity contribution is -0.147. The summed E-state index contributed by atoms with van der Waals surface area (Å²) in [6.45, 7) is 0. The van der Waals surface area contributed by atoms with Crippen LogP contribution in [0.25, 0.3) is 11.2 Å². The maximum absolute atomic E-state index is 11.9. The van der Waals surface area contributed by atoms with Gasteiger partial charge in [0.2, 0.25) is 11.6 Å². The summed E-state index contributed by atoms with van der Waals surface area (Å²) in [5, 5.41) is 0. The topological polar surface area (TPSA) is 191 Å². The number of nitrogen functional groups attached to an aromatic ring is 1. The van der Waals surface area contributed by atoms with Crippen molar-refractivity contribution in [3.05, 3.63) is 22.7 Å². The van der Waals surface area contributed by atoms with Gasteiger partial charge in [0.05, 0.1) is 0 Å². The molecular formula is C11H13N7O5. The van der Waals surface area contributed by atoms with Crippen molar-refractivity contribution in [2.45, 2.75) is 18.9 Å². The summed E-state index contributed by atoms with van der Waals surface area (Å²) in [6, 6.07) is -1.15. The highest BCUT2D eigenvalue weighted by atomic mass is 16.7. The van der Waals surface area contributed by atoms with E-state index >= 15 is 0 Å². The van der Waals surface area contributed by atoms with Gasteiger partial charge in [-0.3, -0.25) is 9.59 Å². The van der Waals surface area contributed by atoms with E-state index in [9.17, 15) is 14.4 Å². The predicted molar refractivity (Wildman–Crippen MR) is 75.1 cm³/mol. The molecule has 0 aromatic carbocycles. The Morgan fingerprint density at radius 2 is 2.00 bits per heavy atom. The molecule has 23 heavy (non-hydrogen) atoms. The molecule has 0 saturated heterocycles. The van der Waals surface area contributed by atoms with E-state index in [0.29, 0.717) is 0 Å². The van der Waals surface area contributed by atoms with Crippen LogP contribution in [0.4, 0.5) is 5.95 Å². The number of nitrogens with two attached hydrogens (primary N) is 3. The lowest BCUT2D eigenvalue weighted by Crippen LogP contribution is -2.39. The van der Waals surface area contributed by atoms with E-state index in [1.54, 1.807) is 0 Å². The molecule has 2 rings (SSSR count). The molecular weight excluding hydrogens is 310 g/mol. The van der Waals surface area contributed by atoms with E-state index in [-0.39, 0.29) is 24.0 Å². The van der Waals surface area contributed by atoms with Gasteiger partial charge in [0.1, 0.15) is 6.04 Å². The molecule has 122 valence electrons. The number of carbonyl (C=O) groups is 2. The van der Waals surface area contributed by atoms with Crippen molar-refractivity contribution in [1.29, 1.82) is 0 Å². The number of nitrogens with zero attached hydrogens (tertiary/aromatic N) is 4. The number of hydrogen-bond acceptors (Lipinski definition) is 11. The molecule has 0 radical (unpaired) electrons. The van der Waals surface area contributed by atoms with Crippen LogP contribution in [0, 0.1) is 0 Å². The first-order chi connectivity index (χ1) is 10.9. The summed E-state index contributed by atoms with van der Waals surface area (Å²) in [6.07, 6.45) is 2.32. The Bertz CT molecular complexity index is 805. The van der Waals surface area contributed by atoms with Crippen LogP contribution in [0.5, 0.6) is 0 Å².